The molecule has 0 aromatic rings. The third-order valence-corrected chi connectivity index (χ3v) is 2.00. The van der Waals surface area contributed by atoms with Gasteiger partial charge >= 0.3 is 0 Å². The molecule has 62 valence electrons. The van der Waals surface area contributed by atoms with E-state index in [2.05, 4.69) is 6.58 Å². The summed E-state index contributed by atoms with van der Waals surface area (Å²) in [6, 6.07) is 0. The lowest BCUT2D eigenvalue weighted by Gasteiger charge is -2.33. The van der Waals surface area contributed by atoms with Gasteiger partial charge in [-0.05, 0) is 6.92 Å². The third kappa shape index (κ3) is 1.73. The molecule has 0 aromatic carbocycles. The molecule has 1 fully saturated rings. The zero-order chi connectivity index (χ0) is 8.43. The molecule has 0 aliphatic carbocycles. The minimum absolute atomic E-state index is 0.180. The summed E-state index contributed by atoms with van der Waals surface area (Å²) in [5.41, 5.74) is 0.978. The maximum absolute atomic E-state index is 11.2. The highest BCUT2D eigenvalue weighted by atomic mass is 16.2. The van der Waals surface area contributed by atoms with Crippen LogP contribution < -0.4 is 0 Å². The van der Waals surface area contributed by atoms with Gasteiger partial charge in [0, 0.05) is 25.8 Å². The maximum atomic E-state index is 11.2. The van der Waals surface area contributed by atoms with E-state index in [1.807, 2.05) is 18.9 Å². The Morgan fingerprint density at radius 1 is 1.55 bits per heavy atom. The molecule has 1 heterocycles. The standard InChI is InChI=1S/C8H14N2O/c1-7(2)10-5-4-9(3)8(11)6-10/h1,4-6H2,2-3H3. The second-order valence-electron chi connectivity index (χ2n) is 2.97. The Morgan fingerprint density at radius 2 is 2.18 bits per heavy atom. The number of hydrogen-bond donors (Lipinski definition) is 0. The van der Waals surface area contributed by atoms with Gasteiger partial charge in [-0.1, -0.05) is 6.58 Å². The van der Waals surface area contributed by atoms with E-state index in [1.165, 1.54) is 0 Å². The topological polar surface area (TPSA) is 23.6 Å². The molecule has 11 heavy (non-hydrogen) atoms. The fourth-order valence-corrected chi connectivity index (χ4v) is 1.08. The van der Waals surface area contributed by atoms with Gasteiger partial charge < -0.3 is 9.80 Å². The van der Waals surface area contributed by atoms with Gasteiger partial charge in [-0.25, -0.2) is 0 Å². The summed E-state index contributed by atoms with van der Waals surface area (Å²) in [6.07, 6.45) is 0. The fraction of sp³-hybridized carbons (Fsp3) is 0.625. The van der Waals surface area contributed by atoms with Crippen molar-refractivity contribution in [3.05, 3.63) is 12.3 Å². The Balaban J connectivity index is 2.53. The van der Waals surface area contributed by atoms with E-state index in [0.717, 1.165) is 18.8 Å². The molecule has 1 aliphatic heterocycles. The smallest absolute Gasteiger partial charge is 0.241 e. The molecule has 0 radical (unpaired) electrons. The van der Waals surface area contributed by atoms with Gasteiger partial charge in [-0.2, -0.15) is 0 Å². The lowest BCUT2D eigenvalue weighted by atomic mass is 10.3. The first kappa shape index (κ1) is 8.11. The van der Waals surface area contributed by atoms with E-state index < -0.39 is 0 Å². The van der Waals surface area contributed by atoms with Crippen molar-refractivity contribution in [1.29, 1.82) is 0 Å². The van der Waals surface area contributed by atoms with Crippen LogP contribution in [0.3, 0.4) is 0 Å². The first-order valence-corrected chi connectivity index (χ1v) is 3.75. The highest BCUT2D eigenvalue weighted by molar-refractivity contribution is 5.78. The lowest BCUT2D eigenvalue weighted by molar-refractivity contribution is -0.133. The first-order chi connectivity index (χ1) is 5.11. The number of rotatable bonds is 1. The summed E-state index contributed by atoms with van der Waals surface area (Å²) in [6.45, 7) is 7.94. The molecule has 0 atom stereocenters. The van der Waals surface area contributed by atoms with Crippen molar-refractivity contribution in [2.24, 2.45) is 0 Å². The molecule has 0 saturated carbocycles. The van der Waals surface area contributed by atoms with E-state index in [1.54, 1.807) is 4.90 Å². The van der Waals surface area contributed by atoms with Gasteiger partial charge in [0.25, 0.3) is 0 Å². The Kier molecular flexibility index (Phi) is 2.17. The van der Waals surface area contributed by atoms with Crippen LogP contribution in [0.15, 0.2) is 12.3 Å². The van der Waals surface area contributed by atoms with Gasteiger partial charge in [0.15, 0.2) is 0 Å². The van der Waals surface area contributed by atoms with Crippen LogP contribution in [0.25, 0.3) is 0 Å². The normalized spacial score (nSPS) is 18.9. The number of carbonyl (C=O) groups excluding carboxylic acids is 1. The summed E-state index contributed by atoms with van der Waals surface area (Å²) in [5.74, 6) is 0.180. The van der Waals surface area contributed by atoms with Crippen LogP contribution in [-0.2, 0) is 4.79 Å². The van der Waals surface area contributed by atoms with Crippen molar-refractivity contribution in [2.75, 3.05) is 26.7 Å². The predicted molar refractivity (Wildman–Crippen MR) is 44.0 cm³/mol. The summed E-state index contributed by atoms with van der Waals surface area (Å²) < 4.78 is 0. The molecule has 3 nitrogen and oxygen atoms in total. The van der Waals surface area contributed by atoms with Crippen LogP contribution in [0.5, 0.6) is 0 Å². The molecule has 1 rings (SSSR count). The molecule has 1 saturated heterocycles. The van der Waals surface area contributed by atoms with E-state index >= 15 is 0 Å². The predicted octanol–water partition coefficient (Wildman–Crippen LogP) is 0.294. The summed E-state index contributed by atoms with van der Waals surface area (Å²) in [7, 11) is 1.83. The van der Waals surface area contributed by atoms with Crippen LogP contribution >= 0.6 is 0 Å². The zero-order valence-corrected chi connectivity index (χ0v) is 7.13. The van der Waals surface area contributed by atoms with Crippen LogP contribution in [0, 0.1) is 0 Å². The van der Waals surface area contributed by atoms with Crippen molar-refractivity contribution in [3.63, 3.8) is 0 Å². The summed E-state index contributed by atoms with van der Waals surface area (Å²) in [4.78, 5) is 14.9. The van der Waals surface area contributed by atoms with Crippen molar-refractivity contribution in [2.45, 2.75) is 6.92 Å². The Labute approximate surface area is 67.3 Å². The highest BCUT2D eigenvalue weighted by Gasteiger charge is 2.19. The second kappa shape index (κ2) is 2.95. The van der Waals surface area contributed by atoms with Gasteiger partial charge in [-0.15, -0.1) is 0 Å². The number of carbonyl (C=O) groups is 1. The molecule has 0 unspecified atom stereocenters. The van der Waals surface area contributed by atoms with Crippen LogP contribution in [0.1, 0.15) is 6.92 Å². The lowest BCUT2D eigenvalue weighted by Crippen LogP contribution is -2.47. The second-order valence-corrected chi connectivity index (χ2v) is 2.97. The average Bonchev–Trinajstić information content (AvgIpc) is 1.94. The molecular weight excluding hydrogens is 140 g/mol. The van der Waals surface area contributed by atoms with Gasteiger partial charge in [0.05, 0.1) is 6.54 Å². The third-order valence-electron chi connectivity index (χ3n) is 2.00. The highest BCUT2D eigenvalue weighted by Crippen LogP contribution is 2.05. The minimum atomic E-state index is 0.180. The van der Waals surface area contributed by atoms with Crippen LogP contribution in [0.4, 0.5) is 0 Å². The van der Waals surface area contributed by atoms with Crippen molar-refractivity contribution in [1.82, 2.24) is 9.80 Å². The molecule has 0 spiro atoms. The molecule has 1 aliphatic rings. The van der Waals surface area contributed by atoms with Crippen molar-refractivity contribution in [3.8, 4) is 0 Å². The van der Waals surface area contributed by atoms with E-state index in [4.69, 9.17) is 0 Å². The Bertz CT molecular complexity index is 189. The quantitative estimate of drug-likeness (QED) is 0.542. The molecule has 0 aromatic heterocycles. The average molecular weight is 154 g/mol. The minimum Gasteiger partial charge on any atom is -0.364 e. The number of nitrogens with zero attached hydrogens (tertiary/aromatic N) is 2. The molecule has 3 heteroatoms. The zero-order valence-electron chi connectivity index (χ0n) is 7.13. The van der Waals surface area contributed by atoms with E-state index in [-0.39, 0.29) is 5.91 Å². The van der Waals surface area contributed by atoms with Gasteiger partial charge in [-0.3, -0.25) is 4.79 Å². The number of piperazine rings is 1. The van der Waals surface area contributed by atoms with Crippen molar-refractivity contribution < 1.29 is 4.79 Å². The monoisotopic (exact) mass is 154 g/mol. The molecule has 1 amide bonds. The Morgan fingerprint density at radius 3 is 2.64 bits per heavy atom. The molecule has 0 bridgehead atoms. The largest absolute Gasteiger partial charge is 0.364 e. The molecular formula is C8H14N2O. The number of hydrogen-bond acceptors (Lipinski definition) is 2. The SMILES string of the molecule is C=C(C)N1CCN(C)C(=O)C1. The van der Waals surface area contributed by atoms with Gasteiger partial charge in [0.2, 0.25) is 5.91 Å². The maximum Gasteiger partial charge on any atom is 0.241 e. The number of amides is 1. The fourth-order valence-electron chi connectivity index (χ4n) is 1.08. The van der Waals surface area contributed by atoms with Crippen molar-refractivity contribution >= 4 is 5.91 Å². The number of allylic oxidation sites excluding steroid dienone is 1. The van der Waals surface area contributed by atoms with Crippen LogP contribution in [-0.4, -0.2) is 42.4 Å². The number of likely N-dealkylation sites (N-methyl/N-ethyl adjacent to an activating group) is 1. The van der Waals surface area contributed by atoms with E-state index in [9.17, 15) is 4.79 Å². The first-order valence-electron chi connectivity index (χ1n) is 3.75. The molecule has 0 N–H and O–H groups in total. The summed E-state index contributed by atoms with van der Waals surface area (Å²) >= 11 is 0. The van der Waals surface area contributed by atoms with Gasteiger partial charge in [0.1, 0.15) is 0 Å². The van der Waals surface area contributed by atoms with Crippen LogP contribution in [0.2, 0.25) is 0 Å². The van der Waals surface area contributed by atoms with E-state index in [0.29, 0.717) is 6.54 Å². The Hall–Kier alpha value is -0.990. The summed E-state index contributed by atoms with van der Waals surface area (Å²) in [5, 5.41) is 0.